The first-order valence-electron chi connectivity index (χ1n) is 12.5. The van der Waals surface area contributed by atoms with Gasteiger partial charge in [-0.1, -0.05) is 66.2 Å². The Balaban J connectivity index is 1.49. The Morgan fingerprint density at radius 2 is 1.73 bits per heavy atom. The predicted octanol–water partition coefficient (Wildman–Crippen LogP) is 6.28. The maximum absolute atomic E-state index is 13.4. The average molecular weight is 554 g/mol. The Hall–Kier alpha value is -4.95. The van der Waals surface area contributed by atoms with Gasteiger partial charge in [-0.2, -0.15) is 9.78 Å². The van der Waals surface area contributed by atoms with E-state index in [1.807, 2.05) is 43.3 Å². The van der Waals surface area contributed by atoms with Gasteiger partial charge in [0, 0.05) is 5.56 Å². The highest BCUT2D eigenvalue weighted by molar-refractivity contribution is 6.32. The maximum atomic E-state index is 13.4. The van der Waals surface area contributed by atoms with Gasteiger partial charge in [0.15, 0.2) is 17.3 Å². The number of nitrogens with zero attached hydrogens (tertiary/aromatic N) is 3. The van der Waals surface area contributed by atoms with E-state index >= 15 is 0 Å². The first kappa shape index (κ1) is 26.6. The number of halogens is 1. The standard InChI is InChI=1S/C31H24ClN3O5/c1-2-39-27-17-21(16-25(32)28(27)40-19-20-12-14-23(15-13-20)31(37)38)18-33-35-29(22-8-4-3-5-9-22)34-26-11-7-6-10-24(26)30(35)36/h3-18H,2,19H2,1H3,(H,37,38). The molecule has 0 fully saturated rings. The molecule has 0 aliphatic carbocycles. The second-order valence-corrected chi connectivity index (χ2v) is 9.14. The average Bonchev–Trinajstić information content (AvgIpc) is 2.97. The summed E-state index contributed by atoms with van der Waals surface area (Å²) in [4.78, 5) is 29.2. The lowest BCUT2D eigenvalue weighted by atomic mass is 10.1. The number of benzene rings is 4. The van der Waals surface area contributed by atoms with Crippen molar-refractivity contribution in [1.29, 1.82) is 0 Å². The molecule has 0 saturated carbocycles. The molecule has 0 radical (unpaired) electrons. The third-order valence-electron chi connectivity index (χ3n) is 6.02. The Kier molecular flexibility index (Phi) is 7.89. The topological polar surface area (TPSA) is 103 Å². The quantitative estimate of drug-likeness (QED) is 0.216. The van der Waals surface area contributed by atoms with E-state index in [0.29, 0.717) is 45.4 Å². The summed E-state index contributed by atoms with van der Waals surface area (Å²) in [6.07, 6.45) is 1.52. The summed E-state index contributed by atoms with van der Waals surface area (Å²) in [6, 6.07) is 26.3. The first-order chi connectivity index (χ1) is 19.4. The zero-order chi connectivity index (χ0) is 28.1. The number of fused-ring (bicyclic) bond motifs is 1. The van der Waals surface area contributed by atoms with Crippen molar-refractivity contribution in [3.8, 4) is 22.9 Å². The summed E-state index contributed by atoms with van der Waals surface area (Å²) in [7, 11) is 0. The van der Waals surface area contributed by atoms with E-state index in [9.17, 15) is 9.59 Å². The summed E-state index contributed by atoms with van der Waals surface area (Å²) in [5.41, 5.74) is 2.58. The van der Waals surface area contributed by atoms with Gasteiger partial charge in [-0.3, -0.25) is 4.79 Å². The van der Waals surface area contributed by atoms with Crippen LogP contribution in [-0.2, 0) is 6.61 Å². The molecule has 4 aromatic carbocycles. The summed E-state index contributed by atoms with van der Waals surface area (Å²) < 4.78 is 13.0. The highest BCUT2D eigenvalue weighted by atomic mass is 35.5. The van der Waals surface area contributed by atoms with E-state index in [-0.39, 0.29) is 17.7 Å². The Morgan fingerprint density at radius 1 is 1.00 bits per heavy atom. The summed E-state index contributed by atoms with van der Waals surface area (Å²) >= 11 is 6.60. The van der Waals surface area contributed by atoms with Gasteiger partial charge in [-0.05, 0) is 54.4 Å². The van der Waals surface area contributed by atoms with Crippen molar-refractivity contribution in [2.45, 2.75) is 13.5 Å². The largest absolute Gasteiger partial charge is 0.490 e. The fraction of sp³-hybridized carbons (Fsp3) is 0.0968. The molecule has 1 aromatic heterocycles. The Bertz CT molecular complexity index is 1770. The van der Waals surface area contributed by atoms with Crippen LogP contribution in [0, 0.1) is 0 Å². The van der Waals surface area contributed by atoms with Gasteiger partial charge in [0.2, 0.25) is 0 Å². The van der Waals surface area contributed by atoms with Crippen molar-refractivity contribution >= 4 is 34.7 Å². The lowest BCUT2D eigenvalue weighted by molar-refractivity contribution is 0.0697. The molecule has 1 N–H and O–H groups in total. The van der Waals surface area contributed by atoms with Crippen LogP contribution in [-0.4, -0.2) is 33.6 Å². The van der Waals surface area contributed by atoms with E-state index in [1.54, 1.807) is 42.5 Å². The fourth-order valence-corrected chi connectivity index (χ4v) is 4.37. The SMILES string of the molecule is CCOc1cc(C=Nn2c(-c3ccccc3)nc3ccccc3c2=O)cc(Cl)c1OCc1ccc(C(=O)O)cc1. The Labute approximate surface area is 234 Å². The van der Waals surface area contributed by atoms with Crippen LogP contribution in [0.2, 0.25) is 5.02 Å². The fourth-order valence-electron chi connectivity index (χ4n) is 4.09. The zero-order valence-electron chi connectivity index (χ0n) is 21.5. The van der Waals surface area contributed by atoms with E-state index < -0.39 is 5.97 Å². The monoisotopic (exact) mass is 553 g/mol. The predicted molar refractivity (Wildman–Crippen MR) is 155 cm³/mol. The smallest absolute Gasteiger partial charge is 0.335 e. The molecule has 1 heterocycles. The van der Waals surface area contributed by atoms with Crippen LogP contribution in [0.5, 0.6) is 11.5 Å². The molecule has 200 valence electrons. The molecule has 5 aromatic rings. The molecule has 0 amide bonds. The first-order valence-corrected chi connectivity index (χ1v) is 12.9. The molecular formula is C31H24ClN3O5. The maximum Gasteiger partial charge on any atom is 0.335 e. The van der Waals surface area contributed by atoms with Crippen molar-refractivity contribution in [3.63, 3.8) is 0 Å². The summed E-state index contributed by atoms with van der Waals surface area (Å²) in [5, 5.41) is 14.3. The number of para-hydroxylation sites is 1. The zero-order valence-corrected chi connectivity index (χ0v) is 22.2. The molecule has 0 aliphatic rings. The number of aromatic carboxylic acids is 1. The number of ether oxygens (including phenoxy) is 2. The lowest BCUT2D eigenvalue weighted by Gasteiger charge is -2.15. The third kappa shape index (κ3) is 5.72. The molecule has 0 spiro atoms. The van der Waals surface area contributed by atoms with Crippen molar-refractivity contribution in [2.24, 2.45) is 5.10 Å². The second kappa shape index (κ2) is 11.8. The van der Waals surface area contributed by atoms with Crippen LogP contribution in [0.3, 0.4) is 0 Å². The number of hydrogen-bond donors (Lipinski definition) is 1. The minimum Gasteiger partial charge on any atom is -0.490 e. The molecule has 5 rings (SSSR count). The van der Waals surface area contributed by atoms with E-state index in [1.165, 1.54) is 23.0 Å². The third-order valence-corrected chi connectivity index (χ3v) is 6.30. The number of carbonyl (C=O) groups is 1. The van der Waals surface area contributed by atoms with Crippen LogP contribution < -0.4 is 15.0 Å². The van der Waals surface area contributed by atoms with Gasteiger partial charge < -0.3 is 14.6 Å². The molecule has 0 atom stereocenters. The van der Waals surface area contributed by atoms with E-state index in [0.717, 1.165) is 11.1 Å². The van der Waals surface area contributed by atoms with Crippen molar-refractivity contribution in [1.82, 2.24) is 9.66 Å². The number of aromatic nitrogens is 2. The number of carboxylic acid groups (broad SMARTS) is 1. The van der Waals surface area contributed by atoms with Gasteiger partial charge in [-0.25, -0.2) is 9.78 Å². The highest BCUT2D eigenvalue weighted by Crippen LogP contribution is 2.37. The molecule has 8 nitrogen and oxygen atoms in total. The second-order valence-electron chi connectivity index (χ2n) is 8.73. The number of rotatable bonds is 9. The van der Waals surface area contributed by atoms with Gasteiger partial charge in [0.1, 0.15) is 6.61 Å². The van der Waals surface area contributed by atoms with Crippen LogP contribution in [0.15, 0.2) is 101 Å². The molecule has 0 bridgehead atoms. The van der Waals surface area contributed by atoms with Gasteiger partial charge in [-0.15, -0.1) is 0 Å². The van der Waals surface area contributed by atoms with Gasteiger partial charge in [0.25, 0.3) is 5.56 Å². The number of hydrogen-bond acceptors (Lipinski definition) is 6. The molecule has 9 heteroatoms. The molecule has 0 unspecified atom stereocenters. The summed E-state index contributed by atoms with van der Waals surface area (Å²) in [6.45, 7) is 2.37. The highest BCUT2D eigenvalue weighted by Gasteiger charge is 2.15. The van der Waals surface area contributed by atoms with Crippen molar-refractivity contribution < 1.29 is 19.4 Å². The molecular weight excluding hydrogens is 530 g/mol. The normalized spacial score (nSPS) is 11.2. The van der Waals surface area contributed by atoms with Gasteiger partial charge in [0.05, 0.1) is 34.3 Å². The molecule has 40 heavy (non-hydrogen) atoms. The van der Waals surface area contributed by atoms with Crippen molar-refractivity contribution in [2.75, 3.05) is 6.61 Å². The van der Waals surface area contributed by atoms with E-state index in [2.05, 4.69) is 5.10 Å². The number of carboxylic acids is 1. The minimum absolute atomic E-state index is 0.158. The van der Waals surface area contributed by atoms with E-state index in [4.69, 9.17) is 31.2 Å². The van der Waals surface area contributed by atoms with Crippen LogP contribution in [0.25, 0.3) is 22.3 Å². The lowest BCUT2D eigenvalue weighted by Crippen LogP contribution is -2.20. The molecule has 0 saturated heterocycles. The van der Waals surface area contributed by atoms with Crippen molar-refractivity contribution in [3.05, 3.63) is 123 Å². The van der Waals surface area contributed by atoms with Crippen LogP contribution in [0.4, 0.5) is 0 Å². The minimum atomic E-state index is -0.996. The van der Waals surface area contributed by atoms with Crippen LogP contribution >= 0.6 is 11.6 Å². The van der Waals surface area contributed by atoms with Gasteiger partial charge >= 0.3 is 5.97 Å². The Morgan fingerprint density at radius 3 is 2.45 bits per heavy atom. The summed E-state index contributed by atoms with van der Waals surface area (Å²) in [5.74, 6) is 0.165. The van der Waals surface area contributed by atoms with Crippen LogP contribution in [0.1, 0.15) is 28.4 Å². The molecule has 0 aliphatic heterocycles.